The van der Waals surface area contributed by atoms with Gasteiger partial charge in [-0.3, -0.25) is 0 Å². The van der Waals surface area contributed by atoms with E-state index >= 15 is 0 Å². The maximum atomic E-state index is 11.6. The summed E-state index contributed by atoms with van der Waals surface area (Å²) in [5.74, 6) is -0.344. The van der Waals surface area contributed by atoms with E-state index in [1.165, 1.54) is 0 Å². The van der Waals surface area contributed by atoms with Crippen LogP contribution in [0.1, 0.15) is 37.0 Å². The van der Waals surface area contributed by atoms with Crippen LogP contribution in [-0.4, -0.2) is 31.3 Å². The summed E-state index contributed by atoms with van der Waals surface area (Å²) in [6.45, 7) is 5.81. The van der Waals surface area contributed by atoms with E-state index in [0.29, 0.717) is 17.9 Å². The second-order valence-corrected chi connectivity index (χ2v) is 5.32. The van der Waals surface area contributed by atoms with Crippen LogP contribution in [0.4, 0.5) is 11.4 Å². The molecule has 0 spiro atoms. The molecule has 0 bridgehead atoms. The first-order chi connectivity index (χ1) is 9.54. The van der Waals surface area contributed by atoms with Crippen LogP contribution < -0.4 is 11.1 Å². The average molecular weight is 278 g/mol. The minimum absolute atomic E-state index is 0.0161. The van der Waals surface area contributed by atoms with Gasteiger partial charge in [0.1, 0.15) is 0 Å². The van der Waals surface area contributed by atoms with Crippen LogP contribution in [0, 0.1) is 0 Å². The number of hydrogen-bond acceptors (Lipinski definition) is 5. The minimum Gasteiger partial charge on any atom is -0.462 e. The number of nitrogens with two attached hydrogens (primary N) is 1. The van der Waals surface area contributed by atoms with Gasteiger partial charge in [0, 0.05) is 18.8 Å². The third-order valence-corrected chi connectivity index (χ3v) is 3.60. The average Bonchev–Trinajstić information content (AvgIpc) is 2.42. The topological polar surface area (TPSA) is 73.6 Å². The Morgan fingerprint density at radius 2 is 2.15 bits per heavy atom. The molecular formula is C15H22N2O3. The lowest BCUT2D eigenvalue weighted by molar-refractivity contribution is 0.0526. The van der Waals surface area contributed by atoms with Gasteiger partial charge in [-0.05, 0) is 44.9 Å². The molecule has 110 valence electrons. The van der Waals surface area contributed by atoms with Crippen LogP contribution in [0.5, 0.6) is 0 Å². The summed E-state index contributed by atoms with van der Waals surface area (Å²) in [6.07, 6.45) is 1.87. The van der Waals surface area contributed by atoms with Crippen molar-refractivity contribution in [1.29, 1.82) is 0 Å². The number of carbonyl (C=O) groups excluding carboxylic acids is 1. The summed E-state index contributed by atoms with van der Waals surface area (Å²) in [5.41, 5.74) is 7.90. The third-order valence-electron chi connectivity index (χ3n) is 3.60. The Kier molecular flexibility index (Phi) is 4.49. The van der Waals surface area contributed by atoms with Crippen molar-refractivity contribution in [1.82, 2.24) is 0 Å². The molecule has 20 heavy (non-hydrogen) atoms. The molecule has 1 saturated heterocycles. The smallest absolute Gasteiger partial charge is 0.338 e. The van der Waals surface area contributed by atoms with Crippen molar-refractivity contribution in [2.45, 2.75) is 32.2 Å². The molecule has 1 aliphatic heterocycles. The minimum atomic E-state index is -0.344. The molecule has 1 fully saturated rings. The SMILES string of the molecule is CCOC(=O)c1ccc(NC2(C)CCOCC2)c(N)c1. The van der Waals surface area contributed by atoms with Crippen molar-refractivity contribution >= 4 is 17.3 Å². The number of nitrogen functional groups attached to an aromatic ring is 1. The lowest BCUT2D eigenvalue weighted by Gasteiger charge is -2.35. The van der Waals surface area contributed by atoms with Gasteiger partial charge in [0.15, 0.2) is 0 Å². The number of ether oxygens (including phenoxy) is 2. The largest absolute Gasteiger partial charge is 0.462 e. The third kappa shape index (κ3) is 3.42. The highest BCUT2D eigenvalue weighted by molar-refractivity contribution is 5.92. The first kappa shape index (κ1) is 14.7. The Morgan fingerprint density at radius 1 is 1.45 bits per heavy atom. The molecule has 1 aromatic rings. The fraction of sp³-hybridized carbons (Fsp3) is 0.533. The molecule has 0 radical (unpaired) electrons. The van der Waals surface area contributed by atoms with E-state index in [4.69, 9.17) is 15.2 Å². The number of anilines is 2. The summed E-state index contributed by atoms with van der Waals surface area (Å²) in [4.78, 5) is 11.6. The van der Waals surface area contributed by atoms with Crippen LogP contribution >= 0.6 is 0 Å². The lowest BCUT2D eigenvalue weighted by Crippen LogP contribution is -2.40. The van der Waals surface area contributed by atoms with Crippen molar-refractivity contribution in [3.63, 3.8) is 0 Å². The fourth-order valence-corrected chi connectivity index (χ4v) is 2.29. The second kappa shape index (κ2) is 6.13. The fourth-order valence-electron chi connectivity index (χ4n) is 2.29. The molecule has 1 heterocycles. The quantitative estimate of drug-likeness (QED) is 0.653. The molecule has 0 atom stereocenters. The number of benzene rings is 1. The molecule has 3 N–H and O–H groups in total. The number of carbonyl (C=O) groups is 1. The first-order valence-electron chi connectivity index (χ1n) is 6.97. The van der Waals surface area contributed by atoms with Crippen LogP contribution in [0.3, 0.4) is 0 Å². The van der Waals surface area contributed by atoms with Gasteiger partial charge in [-0.25, -0.2) is 4.79 Å². The number of hydrogen-bond donors (Lipinski definition) is 2. The summed E-state index contributed by atoms with van der Waals surface area (Å²) in [5, 5.41) is 3.47. The Hall–Kier alpha value is -1.75. The Morgan fingerprint density at radius 3 is 2.75 bits per heavy atom. The van der Waals surface area contributed by atoms with Crippen molar-refractivity contribution in [2.75, 3.05) is 30.9 Å². The van der Waals surface area contributed by atoms with Crippen LogP contribution in [0.2, 0.25) is 0 Å². The maximum Gasteiger partial charge on any atom is 0.338 e. The van der Waals surface area contributed by atoms with E-state index in [-0.39, 0.29) is 11.5 Å². The zero-order valence-corrected chi connectivity index (χ0v) is 12.1. The molecule has 2 rings (SSSR count). The predicted octanol–water partition coefficient (Wildman–Crippen LogP) is 2.43. The Labute approximate surface area is 119 Å². The molecule has 1 aromatic carbocycles. The maximum absolute atomic E-state index is 11.6. The van der Waals surface area contributed by atoms with Gasteiger partial charge in [0.05, 0.1) is 23.5 Å². The van der Waals surface area contributed by atoms with Crippen molar-refractivity contribution < 1.29 is 14.3 Å². The number of rotatable bonds is 4. The van der Waals surface area contributed by atoms with Gasteiger partial charge in [0.25, 0.3) is 0 Å². The zero-order chi connectivity index (χ0) is 14.6. The standard InChI is InChI=1S/C15H22N2O3/c1-3-20-14(18)11-4-5-13(12(16)10-11)17-15(2)6-8-19-9-7-15/h4-5,10,17H,3,6-9,16H2,1-2H3. The molecule has 0 aromatic heterocycles. The summed E-state index contributed by atoms with van der Waals surface area (Å²) in [6, 6.07) is 5.23. The van der Waals surface area contributed by atoms with E-state index in [1.807, 2.05) is 6.07 Å². The van der Waals surface area contributed by atoms with E-state index in [0.717, 1.165) is 31.7 Å². The second-order valence-electron chi connectivity index (χ2n) is 5.32. The summed E-state index contributed by atoms with van der Waals surface area (Å²) < 4.78 is 10.3. The van der Waals surface area contributed by atoms with E-state index in [9.17, 15) is 4.79 Å². The van der Waals surface area contributed by atoms with Gasteiger partial charge in [-0.15, -0.1) is 0 Å². The normalized spacial score (nSPS) is 17.5. The van der Waals surface area contributed by atoms with Crippen LogP contribution in [-0.2, 0) is 9.47 Å². The van der Waals surface area contributed by atoms with Gasteiger partial charge >= 0.3 is 5.97 Å². The van der Waals surface area contributed by atoms with Crippen molar-refractivity contribution in [3.05, 3.63) is 23.8 Å². The molecule has 0 unspecified atom stereocenters. The Bertz CT molecular complexity index is 482. The molecule has 0 saturated carbocycles. The van der Waals surface area contributed by atoms with Crippen LogP contribution in [0.25, 0.3) is 0 Å². The van der Waals surface area contributed by atoms with Gasteiger partial charge < -0.3 is 20.5 Å². The van der Waals surface area contributed by atoms with Crippen molar-refractivity contribution in [2.24, 2.45) is 0 Å². The summed E-state index contributed by atoms with van der Waals surface area (Å²) in [7, 11) is 0. The van der Waals surface area contributed by atoms with Crippen molar-refractivity contribution in [3.8, 4) is 0 Å². The highest BCUT2D eigenvalue weighted by Crippen LogP contribution is 2.29. The molecule has 5 heteroatoms. The number of esters is 1. The van der Waals surface area contributed by atoms with Gasteiger partial charge in [-0.2, -0.15) is 0 Å². The molecule has 5 nitrogen and oxygen atoms in total. The van der Waals surface area contributed by atoms with E-state index in [1.54, 1.807) is 19.1 Å². The molecule has 0 amide bonds. The molecule has 0 aliphatic carbocycles. The monoisotopic (exact) mass is 278 g/mol. The summed E-state index contributed by atoms with van der Waals surface area (Å²) >= 11 is 0. The lowest BCUT2D eigenvalue weighted by atomic mass is 9.92. The van der Waals surface area contributed by atoms with E-state index < -0.39 is 0 Å². The molecular weight excluding hydrogens is 256 g/mol. The Balaban J connectivity index is 2.11. The zero-order valence-electron chi connectivity index (χ0n) is 12.1. The van der Waals surface area contributed by atoms with Gasteiger partial charge in [0.2, 0.25) is 0 Å². The predicted molar refractivity (Wildman–Crippen MR) is 78.9 cm³/mol. The van der Waals surface area contributed by atoms with Gasteiger partial charge in [-0.1, -0.05) is 0 Å². The number of nitrogens with one attached hydrogen (secondary N) is 1. The molecule has 1 aliphatic rings. The van der Waals surface area contributed by atoms with Crippen LogP contribution in [0.15, 0.2) is 18.2 Å². The highest BCUT2D eigenvalue weighted by Gasteiger charge is 2.27. The first-order valence-corrected chi connectivity index (χ1v) is 6.97. The van der Waals surface area contributed by atoms with E-state index in [2.05, 4.69) is 12.2 Å². The highest BCUT2D eigenvalue weighted by atomic mass is 16.5.